The summed E-state index contributed by atoms with van der Waals surface area (Å²) in [5.41, 5.74) is 6.66. The van der Waals surface area contributed by atoms with Crippen molar-refractivity contribution in [2.24, 2.45) is 0 Å². The number of carbonyl (C=O) groups is 1. The second-order valence-electron chi connectivity index (χ2n) is 9.07. The molecule has 0 unspecified atom stereocenters. The van der Waals surface area contributed by atoms with Crippen LogP contribution in [-0.4, -0.2) is 32.8 Å². The third kappa shape index (κ3) is 7.66. The van der Waals surface area contributed by atoms with Gasteiger partial charge in [-0.05, 0) is 65.3 Å². The maximum Gasteiger partial charge on any atom is 0.335 e. The Morgan fingerprint density at radius 3 is 2.15 bits per heavy atom. The Balaban J connectivity index is 1.62. The van der Waals surface area contributed by atoms with Crippen LogP contribution in [0.5, 0.6) is 0 Å². The van der Waals surface area contributed by atoms with Crippen LogP contribution in [0.15, 0.2) is 101 Å². The number of halogens is 2. The number of aromatic nitrogens is 2. The molecule has 0 fully saturated rings. The lowest BCUT2D eigenvalue weighted by Gasteiger charge is -2.09. The Kier molecular flexibility index (Phi) is 10.1. The number of carboxylic acid groups (broad SMARTS) is 1. The molecule has 0 amide bonds. The van der Waals surface area contributed by atoms with E-state index in [0.717, 1.165) is 28.2 Å². The number of carboxylic acids is 1. The highest BCUT2D eigenvalue weighted by atomic mass is 35.5. The fraction of sp³-hybridized carbons (Fsp3) is 0.188. The summed E-state index contributed by atoms with van der Waals surface area (Å²) in [7, 11) is 0. The lowest BCUT2D eigenvalue weighted by atomic mass is 10.0. The number of allylic oxidation sites excluding steroid dienone is 4. The molecule has 4 aromatic rings. The van der Waals surface area contributed by atoms with E-state index in [4.69, 9.17) is 28.2 Å². The summed E-state index contributed by atoms with van der Waals surface area (Å²) in [6.45, 7) is 2.55. The monoisotopic (exact) mass is 576 g/mol. The van der Waals surface area contributed by atoms with Gasteiger partial charge in [0.05, 0.1) is 11.3 Å². The first-order valence-electron chi connectivity index (χ1n) is 12.6. The Hall–Kier alpha value is -3.25. The number of rotatable bonds is 11. The van der Waals surface area contributed by atoms with Crippen molar-refractivity contribution >= 4 is 46.5 Å². The van der Waals surface area contributed by atoms with E-state index in [0.29, 0.717) is 30.3 Å². The highest BCUT2D eigenvalue weighted by Crippen LogP contribution is 2.27. The van der Waals surface area contributed by atoms with Crippen LogP contribution >= 0.6 is 35.0 Å². The average molecular weight is 578 g/mol. The quantitative estimate of drug-likeness (QED) is 0.143. The van der Waals surface area contributed by atoms with E-state index in [1.54, 1.807) is 30.0 Å². The minimum atomic E-state index is -0.935. The van der Waals surface area contributed by atoms with Gasteiger partial charge in [-0.25, -0.2) is 9.78 Å². The highest BCUT2D eigenvalue weighted by Gasteiger charge is 2.14. The number of thioether (sulfide) groups is 1. The Bertz CT molecular complexity index is 1470. The third-order valence-corrected chi connectivity index (χ3v) is 7.67. The fourth-order valence-corrected chi connectivity index (χ4v) is 5.19. The number of aromatic carboxylic acids is 1. The summed E-state index contributed by atoms with van der Waals surface area (Å²) >= 11 is 14.0. The predicted octanol–water partition coefficient (Wildman–Crippen LogP) is 8.76. The summed E-state index contributed by atoms with van der Waals surface area (Å²) in [6, 6.07) is 24.1. The van der Waals surface area contributed by atoms with Crippen LogP contribution in [0.25, 0.3) is 16.7 Å². The number of hydrogen-bond donors (Lipinski definition) is 1. The molecule has 39 heavy (non-hydrogen) atoms. The summed E-state index contributed by atoms with van der Waals surface area (Å²) in [5, 5.41) is 9.93. The molecular formula is C32H30Cl2N2O2S. The molecule has 0 saturated heterocycles. The van der Waals surface area contributed by atoms with E-state index < -0.39 is 5.97 Å². The Morgan fingerprint density at radius 2 is 1.59 bits per heavy atom. The SMILES string of the molecule is C/C=C(\C/C(Cl)=C\CCl)c1cn(Cc2ccc(C(=O)O)cc2)c(Cc2ccc(-c3ccc(SC)cc3)cc2)n1. The number of nitrogens with zero attached hydrogens (tertiary/aromatic N) is 2. The standard InChI is InChI=1S/C32H30Cl2N2O2S/c1-3-24(19-28(34)16-17-33)30-21-36(20-23-6-10-27(11-7-23)32(37)38)31(35-30)18-22-4-8-25(9-5-22)26-12-14-29(39-2)15-13-26/h3-16,21H,17-20H2,1-2H3,(H,37,38)/b24-3+,28-16+. The predicted molar refractivity (Wildman–Crippen MR) is 164 cm³/mol. The van der Waals surface area contributed by atoms with Crippen molar-refractivity contribution in [3.8, 4) is 11.1 Å². The molecule has 1 heterocycles. The average Bonchev–Trinajstić information content (AvgIpc) is 3.34. The van der Waals surface area contributed by atoms with Crippen molar-refractivity contribution in [1.82, 2.24) is 9.55 Å². The topological polar surface area (TPSA) is 55.1 Å². The Morgan fingerprint density at radius 1 is 0.974 bits per heavy atom. The van der Waals surface area contributed by atoms with Crippen molar-refractivity contribution < 1.29 is 9.90 Å². The molecule has 0 aliphatic rings. The summed E-state index contributed by atoms with van der Waals surface area (Å²) in [6.07, 6.45) is 9.15. The number of hydrogen-bond acceptors (Lipinski definition) is 3. The molecule has 0 bridgehead atoms. The van der Waals surface area contributed by atoms with Gasteiger partial charge in [-0.1, -0.05) is 72.3 Å². The van der Waals surface area contributed by atoms with Gasteiger partial charge in [0.1, 0.15) is 5.82 Å². The van der Waals surface area contributed by atoms with Crippen molar-refractivity contribution in [2.45, 2.75) is 31.2 Å². The molecule has 4 nitrogen and oxygen atoms in total. The van der Waals surface area contributed by atoms with E-state index in [9.17, 15) is 9.90 Å². The number of alkyl halides is 1. The Labute approximate surface area is 244 Å². The van der Waals surface area contributed by atoms with Crippen molar-refractivity contribution in [2.75, 3.05) is 12.1 Å². The zero-order chi connectivity index (χ0) is 27.8. The first kappa shape index (κ1) is 28.8. The van der Waals surface area contributed by atoms with Gasteiger partial charge in [0.25, 0.3) is 0 Å². The van der Waals surface area contributed by atoms with Gasteiger partial charge in [-0.3, -0.25) is 0 Å². The van der Waals surface area contributed by atoms with E-state index >= 15 is 0 Å². The molecule has 0 aliphatic heterocycles. The van der Waals surface area contributed by atoms with Crippen LogP contribution < -0.4 is 0 Å². The van der Waals surface area contributed by atoms with Gasteiger partial charge >= 0.3 is 5.97 Å². The molecule has 0 saturated carbocycles. The lowest BCUT2D eigenvalue weighted by Crippen LogP contribution is -2.05. The smallest absolute Gasteiger partial charge is 0.335 e. The van der Waals surface area contributed by atoms with Crippen molar-refractivity contribution in [1.29, 1.82) is 0 Å². The largest absolute Gasteiger partial charge is 0.478 e. The fourth-order valence-electron chi connectivity index (χ4n) is 4.30. The molecule has 1 aromatic heterocycles. The zero-order valence-corrected chi connectivity index (χ0v) is 24.2. The lowest BCUT2D eigenvalue weighted by molar-refractivity contribution is 0.0697. The molecule has 3 aromatic carbocycles. The molecule has 0 radical (unpaired) electrons. The summed E-state index contributed by atoms with van der Waals surface area (Å²) < 4.78 is 2.13. The minimum absolute atomic E-state index is 0.269. The molecule has 7 heteroatoms. The van der Waals surface area contributed by atoms with Gasteiger partial charge in [-0.15, -0.1) is 23.4 Å². The van der Waals surface area contributed by atoms with Crippen LogP contribution in [-0.2, 0) is 13.0 Å². The van der Waals surface area contributed by atoms with Gasteiger partial charge in [0, 0.05) is 41.4 Å². The normalized spacial score (nSPS) is 12.1. The first-order chi connectivity index (χ1) is 18.9. The van der Waals surface area contributed by atoms with E-state index in [1.807, 2.05) is 31.3 Å². The third-order valence-electron chi connectivity index (χ3n) is 6.49. The van der Waals surface area contributed by atoms with Gasteiger partial charge in [0.15, 0.2) is 0 Å². The molecule has 200 valence electrons. The maximum absolute atomic E-state index is 11.3. The van der Waals surface area contributed by atoms with Crippen LogP contribution in [0.1, 0.15) is 46.3 Å². The summed E-state index contributed by atoms with van der Waals surface area (Å²) in [4.78, 5) is 17.5. The summed E-state index contributed by atoms with van der Waals surface area (Å²) in [5.74, 6) is 0.344. The van der Waals surface area contributed by atoms with Crippen molar-refractivity contribution in [3.05, 3.63) is 124 Å². The molecular weight excluding hydrogens is 547 g/mol. The van der Waals surface area contributed by atoms with E-state index in [2.05, 4.69) is 59.4 Å². The zero-order valence-electron chi connectivity index (χ0n) is 21.9. The van der Waals surface area contributed by atoms with Crippen LogP contribution in [0.2, 0.25) is 0 Å². The van der Waals surface area contributed by atoms with E-state index in [-0.39, 0.29) is 5.56 Å². The van der Waals surface area contributed by atoms with Crippen LogP contribution in [0.4, 0.5) is 0 Å². The highest BCUT2D eigenvalue weighted by molar-refractivity contribution is 7.98. The van der Waals surface area contributed by atoms with Gasteiger partial charge < -0.3 is 9.67 Å². The molecule has 0 aliphatic carbocycles. The molecule has 0 atom stereocenters. The molecule has 0 spiro atoms. The second-order valence-corrected chi connectivity index (χ2v) is 10.7. The second kappa shape index (κ2) is 13.7. The number of imidazole rings is 1. The molecule has 1 N–H and O–H groups in total. The minimum Gasteiger partial charge on any atom is -0.478 e. The van der Waals surface area contributed by atoms with Crippen molar-refractivity contribution in [3.63, 3.8) is 0 Å². The van der Waals surface area contributed by atoms with Gasteiger partial charge in [0.2, 0.25) is 0 Å². The van der Waals surface area contributed by atoms with Crippen LogP contribution in [0, 0.1) is 0 Å². The molecule has 4 rings (SSSR count). The maximum atomic E-state index is 11.3. The first-order valence-corrected chi connectivity index (χ1v) is 14.7. The number of benzene rings is 3. The van der Waals surface area contributed by atoms with E-state index in [1.165, 1.54) is 16.0 Å². The van der Waals surface area contributed by atoms with Crippen LogP contribution in [0.3, 0.4) is 0 Å². The van der Waals surface area contributed by atoms with Gasteiger partial charge in [-0.2, -0.15) is 0 Å².